The maximum Gasteiger partial charge on any atom is 0.264 e. The van der Waals surface area contributed by atoms with Gasteiger partial charge in [-0.3, -0.25) is 19.4 Å². The van der Waals surface area contributed by atoms with Gasteiger partial charge >= 0.3 is 0 Å². The van der Waals surface area contributed by atoms with Gasteiger partial charge in [-0.1, -0.05) is 12.1 Å². The fourth-order valence-electron chi connectivity index (χ4n) is 2.66. The van der Waals surface area contributed by atoms with Crippen LogP contribution in [0.3, 0.4) is 0 Å². The van der Waals surface area contributed by atoms with Gasteiger partial charge in [0.1, 0.15) is 11.4 Å². The third kappa shape index (κ3) is 4.17. The lowest BCUT2D eigenvalue weighted by atomic mass is 10.2. The van der Waals surface area contributed by atoms with E-state index in [1.54, 1.807) is 12.1 Å². The normalized spacial score (nSPS) is 15.7. The highest BCUT2D eigenvalue weighted by atomic mass is 32.1. The lowest BCUT2D eigenvalue weighted by molar-refractivity contribution is 0.159. The molecule has 0 aliphatic carbocycles. The van der Waals surface area contributed by atoms with Crippen LogP contribution in [0.15, 0.2) is 34.2 Å². The third-order valence-electron chi connectivity index (χ3n) is 4.29. The molecule has 26 heavy (non-hydrogen) atoms. The number of benzene rings is 1. The monoisotopic (exact) mass is 377 g/mol. The third-order valence-corrected chi connectivity index (χ3v) is 4.61. The van der Waals surface area contributed by atoms with Gasteiger partial charge < -0.3 is 10.0 Å². The first-order chi connectivity index (χ1) is 12.4. The highest BCUT2D eigenvalue weighted by Gasteiger charge is 2.14. The van der Waals surface area contributed by atoms with E-state index in [9.17, 15) is 14.3 Å². The van der Waals surface area contributed by atoms with Gasteiger partial charge in [-0.15, -0.1) is 0 Å². The number of piperazine rings is 1. The van der Waals surface area contributed by atoms with Crippen molar-refractivity contribution in [1.29, 1.82) is 0 Å². The number of hydrazone groups is 1. The minimum absolute atomic E-state index is 0.0413. The molecule has 3 rings (SSSR count). The molecule has 1 aromatic heterocycles. The van der Waals surface area contributed by atoms with Crippen LogP contribution in [-0.4, -0.2) is 64.0 Å². The molecule has 2 N–H and O–H groups in total. The van der Waals surface area contributed by atoms with Crippen molar-refractivity contribution in [3.63, 3.8) is 0 Å². The summed E-state index contributed by atoms with van der Waals surface area (Å²) >= 11 is 5.15. The summed E-state index contributed by atoms with van der Waals surface area (Å²) in [6.45, 7) is 3.47. The van der Waals surface area contributed by atoms with E-state index >= 15 is 0 Å². The molecule has 1 fully saturated rings. The van der Waals surface area contributed by atoms with Crippen LogP contribution in [-0.2, 0) is 6.54 Å². The topological polar surface area (TPSA) is 76.9 Å². The van der Waals surface area contributed by atoms with Gasteiger partial charge in [-0.25, -0.2) is 4.39 Å². The first kappa shape index (κ1) is 18.3. The lowest BCUT2D eigenvalue weighted by Gasteiger charge is -2.30. The van der Waals surface area contributed by atoms with E-state index in [1.807, 2.05) is 12.1 Å². The van der Waals surface area contributed by atoms with Gasteiger partial charge in [0, 0.05) is 26.2 Å². The van der Waals surface area contributed by atoms with E-state index in [0.717, 1.165) is 31.7 Å². The van der Waals surface area contributed by atoms with Crippen molar-refractivity contribution in [2.24, 2.45) is 5.10 Å². The van der Waals surface area contributed by atoms with Crippen LogP contribution in [0.25, 0.3) is 0 Å². The largest absolute Gasteiger partial charge is 0.494 e. The molecule has 0 saturated carbocycles. The number of H-pyrrole nitrogens is 1. The van der Waals surface area contributed by atoms with E-state index in [-0.39, 0.29) is 28.6 Å². The van der Waals surface area contributed by atoms with Crippen LogP contribution in [0.4, 0.5) is 4.39 Å². The Balaban J connectivity index is 1.87. The number of aromatic nitrogens is 2. The van der Waals surface area contributed by atoms with E-state index in [0.29, 0.717) is 0 Å². The van der Waals surface area contributed by atoms with Gasteiger partial charge in [0.05, 0.1) is 12.8 Å². The zero-order valence-electron chi connectivity index (χ0n) is 14.4. The Morgan fingerprint density at radius 1 is 1.27 bits per heavy atom. The zero-order valence-corrected chi connectivity index (χ0v) is 15.2. The summed E-state index contributed by atoms with van der Waals surface area (Å²) in [5.41, 5.74) is 0.284. The Morgan fingerprint density at radius 2 is 1.92 bits per heavy atom. The van der Waals surface area contributed by atoms with Crippen molar-refractivity contribution in [3.05, 3.63) is 56.3 Å². The second-order valence-corrected chi connectivity index (χ2v) is 6.60. The Bertz CT molecular complexity index is 914. The molecule has 2 aromatic rings. The molecule has 1 aliphatic rings. The molecule has 1 aliphatic heterocycles. The van der Waals surface area contributed by atoms with Gasteiger partial charge in [-0.05, 0) is 37.0 Å². The Hall–Kier alpha value is -2.52. The molecule has 0 bridgehead atoms. The molecule has 7 nitrogen and oxygen atoms in total. The number of halogens is 1. The van der Waals surface area contributed by atoms with Gasteiger partial charge in [-0.2, -0.15) is 5.10 Å². The SMILES string of the molecule is CN1CCN(N=Cc2c(O)n(Cc3ccc(F)cc3)c(=S)[nH]c2=O)CC1. The van der Waals surface area contributed by atoms with Crippen LogP contribution in [0, 0.1) is 10.6 Å². The number of aromatic amines is 1. The molecule has 0 amide bonds. The van der Waals surface area contributed by atoms with Crippen LogP contribution < -0.4 is 5.56 Å². The van der Waals surface area contributed by atoms with Crippen molar-refractivity contribution < 1.29 is 9.50 Å². The van der Waals surface area contributed by atoms with Crippen molar-refractivity contribution >= 4 is 18.4 Å². The summed E-state index contributed by atoms with van der Waals surface area (Å²) in [6, 6.07) is 5.86. The predicted molar refractivity (Wildman–Crippen MR) is 99.7 cm³/mol. The highest BCUT2D eigenvalue weighted by Crippen LogP contribution is 2.15. The van der Waals surface area contributed by atoms with Crippen molar-refractivity contribution in [1.82, 2.24) is 19.5 Å². The fourth-order valence-corrected chi connectivity index (χ4v) is 2.90. The number of hydrogen-bond acceptors (Lipinski definition) is 6. The summed E-state index contributed by atoms with van der Waals surface area (Å²) in [6.07, 6.45) is 1.36. The molecule has 0 spiro atoms. The first-order valence-corrected chi connectivity index (χ1v) is 8.63. The van der Waals surface area contributed by atoms with Crippen molar-refractivity contribution in [3.8, 4) is 5.88 Å². The zero-order chi connectivity index (χ0) is 18.7. The van der Waals surface area contributed by atoms with E-state index in [1.165, 1.54) is 22.9 Å². The number of nitrogens with zero attached hydrogens (tertiary/aromatic N) is 4. The van der Waals surface area contributed by atoms with Gasteiger partial charge in [0.15, 0.2) is 4.77 Å². The van der Waals surface area contributed by atoms with Crippen molar-refractivity contribution in [2.75, 3.05) is 33.2 Å². The number of hydrogen-bond donors (Lipinski definition) is 2. The lowest BCUT2D eigenvalue weighted by Crippen LogP contribution is -2.41. The van der Waals surface area contributed by atoms with Crippen molar-refractivity contribution in [2.45, 2.75) is 6.54 Å². The van der Waals surface area contributed by atoms with Crippen LogP contribution in [0.2, 0.25) is 0 Å². The predicted octanol–water partition coefficient (Wildman–Crippen LogP) is 1.38. The van der Waals surface area contributed by atoms with Crippen LogP contribution in [0.1, 0.15) is 11.1 Å². The Labute approximate surface area is 155 Å². The first-order valence-electron chi connectivity index (χ1n) is 8.22. The molecule has 1 saturated heterocycles. The smallest absolute Gasteiger partial charge is 0.264 e. The molecule has 2 heterocycles. The summed E-state index contributed by atoms with van der Waals surface area (Å²) < 4.78 is 14.5. The average molecular weight is 377 g/mol. The second-order valence-electron chi connectivity index (χ2n) is 6.21. The van der Waals surface area contributed by atoms with E-state index < -0.39 is 5.56 Å². The summed E-state index contributed by atoms with van der Waals surface area (Å²) in [5, 5.41) is 16.7. The Kier molecular flexibility index (Phi) is 5.48. The molecular formula is C17H20FN5O2S. The highest BCUT2D eigenvalue weighted by molar-refractivity contribution is 7.71. The molecule has 1 aromatic carbocycles. The molecule has 138 valence electrons. The maximum absolute atomic E-state index is 13.1. The maximum atomic E-state index is 13.1. The number of rotatable bonds is 4. The van der Waals surface area contributed by atoms with E-state index in [4.69, 9.17) is 12.2 Å². The summed E-state index contributed by atoms with van der Waals surface area (Å²) in [5.74, 6) is -0.607. The average Bonchev–Trinajstić information content (AvgIpc) is 2.61. The number of likely N-dealkylation sites (N-methyl/N-ethyl adjacent to an activating group) is 1. The minimum atomic E-state index is -0.499. The van der Waals surface area contributed by atoms with Crippen LogP contribution >= 0.6 is 12.2 Å². The Morgan fingerprint density at radius 3 is 2.58 bits per heavy atom. The minimum Gasteiger partial charge on any atom is -0.494 e. The fraction of sp³-hybridized carbons (Fsp3) is 0.353. The summed E-state index contributed by atoms with van der Waals surface area (Å²) in [7, 11) is 2.04. The summed E-state index contributed by atoms with van der Waals surface area (Å²) in [4.78, 5) is 16.9. The molecule has 9 heteroatoms. The number of nitrogens with one attached hydrogen (secondary N) is 1. The van der Waals surface area contributed by atoms with E-state index in [2.05, 4.69) is 15.0 Å². The standard InChI is InChI=1S/C17H20FN5O2S/c1-21-6-8-22(9-7-21)19-10-14-15(24)20-17(26)23(16(14)25)11-12-2-4-13(18)5-3-12/h2-5,10,25H,6-9,11H2,1H3,(H,20,24,26). The van der Waals surface area contributed by atoms with Gasteiger partial charge in [0.2, 0.25) is 5.88 Å². The quantitative estimate of drug-likeness (QED) is 0.622. The molecule has 0 unspecified atom stereocenters. The van der Waals surface area contributed by atoms with Gasteiger partial charge in [0.25, 0.3) is 5.56 Å². The second kappa shape index (κ2) is 7.79. The molecule has 0 atom stereocenters. The molecule has 0 radical (unpaired) electrons. The number of aromatic hydroxyl groups is 1. The van der Waals surface area contributed by atoms with Crippen LogP contribution in [0.5, 0.6) is 5.88 Å². The molecular weight excluding hydrogens is 357 g/mol.